The fourth-order valence-electron chi connectivity index (χ4n) is 3.52. The Morgan fingerprint density at radius 2 is 1.72 bits per heavy atom. The van der Waals surface area contributed by atoms with Gasteiger partial charge in [0, 0.05) is 5.92 Å². The SMILES string of the molecule is O=C(O)C[C@@H](CS(=O)(=O)c1ccc(OCc2cc(N=C=S)cc(C(F)(F)F)c2)cc1)c1ccccc1. The lowest BCUT2D eigenvalue weighted by molar-refractivity contribution is -0.138. The Morgan fingerprint density at radius 3 is 2.31 bits per heavy atom. The van der Waals surface area contributed by atoms with Gasteiger partial charge in [0.2, 0.25) is 0 Å². The van der Waals surface area contributed by atoms with Crippen molar-refractivity contribution in [2.24, 2.45) is 4.99 Å². The number of carboxylic acid groups (broad SMARTS) is 1. The third kappa shape index (κ3) is 7.48. The highest BCUT2D eigenvalue weighted by molar-refractivity contribution is 7.91. The largest absolute Gasteiger partial charge is 0.489 e. The molecular formula is C25H20F3NO5S2. The van der Waals surface area contributed by atoms with Crippen molar-refractivity contribution in [2.75, 3.05) is 5.75 Å². The number of thiocarbonyl (C=S) groups is 1. The number of carboxylic acids is 1. The number of benzene rings is 3. The van der Waals surface area contributed by atoms with E-state index >= 15 is 0 Å². The number of aliphatic carboxylic acids is 1. The van der Waals surface area contributed by atoms with Crippen LogP contribution in [0.5, 0.6) is 5.75 Å². The van der Waals surface area contributed by atoms with Gasteiger partial charge in [0.25, 0.3) is 0 Å². The van der Waals surface area contributed by atoms with Crippen molar-refractivity contribution in [1.82, 2.24) is 0 Å². The first-order chi connectivity index (χ1) is 17.0. The first-order valence-electron chi connectivity index (χ1n) is 10.5. The molecule has 36 heavy (non-hydrogen) atoms. The summed E-state index contributed by atoms with van der Waals surface area (Å²) >= 11 is 4.46. The van der Waals surface area contributed by atoms with E-state index in [-0.39, 0.29) is 34.9 Å². The highest BCUT2D eigenvalue weighted by Gasteiger charge is 2.31. The number of hydrogen-bond acceptors (Lipinski definition) is 6. The van der Waals surface area contributed by atoms with Gasteiger partial charge in [0.05, 0.1) is 33.5 Å². The fourth-order valence-corrected chi connectivity index (χ4v) is 5.21. The third-order valence-corrected chi connectivity index (χ3v) is 7.10. The van der Waals surface area contributed by atoms with Crippen molar-refractivity contribution >= 4 is 38.9 Å². The van der Waals surface area contributed by atoms with E-state index in [2.05, 4.69) is 17.2 Å². The zero-order valence-corrected chi connectivity index (χ0v) is 20.2. The molecule has 0 saturated carbocycles. The number of rotatable bonds is 10. The molecular weight excluding hydrogens is 515 g/mol. The van der Waals surface area contributed by atoms with Crippen LogP contribution in [0.15, 0.2) is 82.7 Å². The summed E-state index contributed by atoms with van der Waals surface area (Å²) in [6.45, 7) is -0.231. The summed E-state index contributed by atoms with van der Waals surface area (Å²) < 4.78 is 70.9. The summed E-state index contributed by atoms with van der Waals surface area (Å²) in [4.78, 5) is 14.9. The molecule has 3 aromatic carbocycles. The molecule has 0 fully saturated rings. The molecule has 1 atom stereocenters. The van der Waals surface area contributed by atoms with Crippen molar-refractivity contribution in [3.63, 3.8) is 0 Å². The Bertz CT molecular complexity index is 1370. The Labute approximate surface area is 211 Å². The van der Waals surface area contributed by atoms with Crippen molar-refractivity contribution < 1.29 is 36.2 Å². The number of isothiocyanates is 1. The van der Waals surface area contributed by atoms with Crippen LogP contribution in [0.3, 0.4) is 0 Å². The van der Waals surface area contributed by atoms with Gasteiger partial charge in [-0.15, -0.1) is 0 Å². The topological polar surface area (TPSA) is 93.0 Å². The lowest BCUT2D eigenvalue weighted by atomic mass is 9.98. The molecule has 0 aliphatic carbocycles. The van der Waals surface area contributed by atoms with E-state index in [0.717, 1.165) is 12.1 Å². The zero-order chi connectivity index (χ0) is 26.3. The first-order valence-corrected chi connectivity index (χ1v) is 12.6. The van der Waals surface area contributed by atoms with Crippen molar-refractivity contribution in [3.8, 4) is 5.75 Å². The van der Waals surface area contributed by atoms with Gasteiger partial charge in [-0.2, -0.15) is 18.2 Å². The van der Waals surface area contributed by atoms with Crippen LogP contribution >= 0.6 is 12.2 Å². The lowest BCUT2D eigenvalue weighted by Crippen LogP contribution is -2.18. The molecule has 3 aromatic rings. The van der Waals surface area contributed by atoms with Crippen LogP contribution in [-0.2, 0) is 27.4 Å². The maximum atomic E-state index is 13.2. The van der Waals surface area contributed by atoms with Crippen molar-refractivity contribution in [2.45, 2.75) is 30.0 Å². The second kappa shape index (κ2) is 11.5. The highest BCUT2D eigenvalue weighted by Crippen LogP contribution is 2.33. The Balaban J connectivity index is 1.75. The molecule has 1 N–H and O–H groups in total. The second-order valence-electron chi connectivity index (χ2n) is 7.84. The van der Waals surface area contributed by atoms with Crippen LogP contribution in [0.4, 0.5) is 18.9 Å². The monoisotopic (exact) mass is 535 g/mol. The minimum Gasteiger partial charge on any atom is -0.489 e. The number of ether oxygens (including phenoxy) is 1. The van der Waals surface area contributed by atoms with Crippen LogP contribution < -0.4 is 4.74 Å². The summed E-state index contributed by atoms with van der Waals surface area (Å²) in [5.74, 6) is -2.03. The Morgan fingerprint density at radius 1 is 1.06 bits per heavy atom. The van der Waals surface area contributed by atoms with E-state index in [4.69, 9.17) is 4.74 Å². The van der Waals surface area contributed by atoms with Crippen LogP contribution in [0.1, 0.15) is 29.0 Å². The second-order valence-corrected chi connectivity index (χ2v) is 10.1. The quantitative estimate of drug-likeness (QED) is 0.251. The van der Waals surface area contributed by atoms with E-state index in [1.807, 2.05) is 5.16 Å². The number of nitrogens with zero attached hydrogens (tertiary/aromatic N) is 1. The molecule has 6 nitrogen and oxygen atoms in total. The van der Waals surface area contributed by atoms with Crippen LogP contribution in [0, 0.1) is 0 Å². The first kappa shape index (κ1) is 27.1. The Kier molecular flexibility index (Phi) is 8.62. The fraction of sp³-hybridized carbons (Fsp3) is 0.200. The molecule has 11 heteroatoms. The molecule has 0 heterocycles. The van der Waals surface area contributed by atoms with Gasteiger partial charge < -0.3 is 9.84 Å². The number of alkyl halides is 3. The summed E-state index contributed by atoms with van der Waals surface area (Å²) in [6.07, 6.45) is -4.94. The van der Waals surface area contributed by atoms with Gasteiger partial charge in [-0.25, -0.2) is 8.42 Å². The maximum Gasteiger partial charge on any atom is 0.416 e. The molecule has 0 unspecified atom stereocenters. The number of carbonyl (C=O) groups is 1. The van der Waals surface area contributed by atoms with Crippen molar-refractivity contribution in [1.29, 1.82) is 0 Å². The molecule has 0 bridgehead atoms. The Hall–Kier alpha value is -3.53. The predicted octanol–water partition coefficient (Wildman–Crippen LogP) is 6.05. The van der Waals surface area contributed by atoms with E-state index in [0.29, 0.717) is 5.56 Å². The number of sulfone groups is 1. The van der Waals surface area contributed by atoms with E-state index < -0.39 is 39.2 Å². The van der Waals surface area contributed by atoms with E-state index in [9.17, 15) is 31.5 Å². The van der Waals surface area contributed by atoms with Gasteiger partial charge in [0.1, 0.15) is 12.4 Å². The van der Waals surface area contributed by atoms with Crippen LogP contribution in [0.2, 0.25) is 0 Å². The van der Waals surface area contributed by atoms with Crippen molar-refractivity contribution in [3.05, 3.63) is 89.5 Å². The average molecular weight is 536 g/mol. The van der Waals surface area contributed by atoms with Crippen LogP contribution in [-0.4, -0.2) is 30.4 Å². The molecule has 0 aromatic heterocycles. The van der Waals surface area contributed by atoms with Gasteiger partial charge in [0.15, 0.2) is 9.84 Å². The van der Waals surface area contributed by atoms with Crippen LogP contribution in [0.25, 0.3) is 0 Å². The van der Waals surface area contributed by atoms with Gasteiger partial charge in [-0.1, -0.05) is 30.3 Å². The minimum absolute atomic E-state index is 0.0193. The molecule has 0 aliphatic rings. The summed E-state index contributed by atoms with van der Waals surface area (Å²) in [7, 11) is -3.84. The summed E-state index contributed by atoms with van der Waals surface area (Å²) in [5, 5.41) is 11.3. The molecule has 188 valence electrons. The molecule has 3 rings (SSSR count). The lowest BCUT2D eigenvalue weighted by Gasteiger charge is -2.16. The zero-order valence-electron chi connectivity index (χ0n) is 18.6. The third-order valence-electron chi connectivity index (χ3n) is 5.18. The normalized spacial score (nSPS) is 12.4. The predicted molar refractivity (Wildman–Crippen MR) is 130 cm³/mol. The summed E-state index contributed by atoms with van der Waals surface area (Å²) in [5.41, 5.74) is -0.149. The highest BCUT2D eigenvalue weighted by atomic mass is 32.2. The average Bonchev–Trinajstić information content (AvgIpc) is 2.82. The van der Waals surface area contributed by atoms with Gasteiger partial charge in [-0.05, 0) is 65.8 Å². The minimum atomic E-state index is -4.59. The van der Waals surface area contributed by atoms with Gasteiger partial charge in [-0.3, -0.25) is 4.79 Å². The van der Waals surface area contributed by atoms with E-state index in [1.54, 1.807) is 30.3 Å². The molecule has 0 amide bonds. The number of halogens is 3. The standard InChI is InChI=1S/C25H20F3NO5S2/c26-25(27,28)20-10-17(11-21(13-20)29-16-35)14-34-22-6-8-23(9-7-22)36(32,33)15-19(12-24(30)31)18-4-2-1-3-5-18/h1-11,13,19H,12,14-15H2,(H,30,31)/t19-/m0/s1. The molecule has 0 aliphatic heterocycles. The van der Waals surface area contributed by atoms with E-state index in [1.165, 1.54) is 30.3 Å². The molecule has 0 saturated heterocycles. The summed E-state index contributed by atoms with van der Waals surface area (Å²) in [6, 6.07) is 17.0. The number of hydrogen-bond donors (Lipinski definition) is 1. The number of aliphatic imine (C=N–C) groups is 1. The molecule has 0 spiro atoms. The molecule has 0 radical (unpaired) electrons. The smallest absolute Gasteiger partial charge is 0.416 e. The van der Waals surface area contributed by atoms with Gasteiger partial charge >= 0.3 is 12.1 Å². The maximum absolute atomic E-state index is 13.2.